The molecule has 0 spiro atoms. The Morgan fingerprint density at radius 3 is 2.81 bits per heavy atom. The van der Waals surface area contributed by atoms with Gasteiger partial charge in [0, 0.05) is 26.3 Å². The first-order chi connectivity index (χ1) is 10.0. The van der Waals surface area contributed by atoms with Gasteiger partial charge in [0.1, 0.15) is 5.02 Å². The highest BCUT2D eigenvalue weighted by Crippen LogP contribution is 2.28. The third-order valence-corrected chi connectivity index (χ3v) is 3.15. The van der Waals surface area contributed by atoms with Gasteiger partial charge in [-0.25, -0.2) is 0 Å². The SMILES string of the molecule is COCCN(CCC#N)C(=O)c1cccc([N+](=O)[O-])c1Cl. The van der Waals surface area contributed by atoms with Crippen molar-refractivity contribution < 1.29 is 14.5 Å². The van der Waals surface area contributed by atoms with Crippen LogP contribution in [-0.4, -0.2) is 42.5 Å². The fourth-order valence-electron chi connectivity index (χ4n) is 1.70. The normalized spacial score (nSPS) is 9.95. The van der Waals surface area contributed by atoms with Gasteiger partial charge in [0.2, 0.25) is 0 Å². The largest absolute Gasteiger partial charge is 0.383 e. The van der Waals surface area contributed by atoms with Gasteiger partial charge < -0.3 is 9.64 Å². The quantitative estimate of drug-likeness (QED) is 0.568. The standard InChI is InChI=1S/C13H14ClN3O4/c1-21-9-8-16(7-3-6-15)13(18)10-4-2-5-11(12(10)14)17(19)20/h2,4-5H,3,7-9H2,1H3. The maximum Gasteiger partial charge on any atom is 0.288 e. The zero-order valence-corrected chi connectivity index (χ0v) is 12.2. The molecule has 1 aromatic carbocycles. The predicted octanol–water partition coefficient (Wildman–Crippen LogP) is 2.25. The number of methoxy groups -OCH3 is 1. The number of benzene rings is 1. The van der Waals surface area contributed by atoms with Gasteiger partial charge in [-0.3, -0.25) is 14.9 Å². The van der Waals surface area contributed by atoms with Crippen LogP contribution in [0.3, 0.4) is 0 Å². The molecule has 0 N–H and O–H groups in total. The Kier molecular flexibility index (Phi) is 6.59. The minimum atomic E-state index is -0.645. The van der Waals surface area contributed by atoms with Crippen LogP contribution in [0.1, 0.15) is 16.8 Å². The first-order valence-electron chi connectivity index (χ1n) is 6.11. The van der Waals surface area contributed by atoms with Gasteiger partial charge >= 0.3 is 0 Å². The smallest absolute Gasteiger partial charge is 0.288 e. The molecule has 0 heterocycles. The second-order valence-corrected chi connectivity index (χ2v) is 4.47. The second-order valence-electron chi connectivity index (χ2n) is 4.09. The number of nitriles is 1. The predicted molar refractivity (Wildman–Crippen MR) is 76.1 cm³/mol. The van der Waals surface area contributed by atoms with Crippen molar-refractivity contribution in [2.45, 2.75) is 6.42 Å². The minimum Gasteiger partial charge on any atom is -0.383 e. The van der Waals surface area contributed by atoms with Gasteiger partial charge in [-0.1, -0.05) is 17.7 Å². The van der Waals surface area contributed by atoms with Gasteiger partial charge in [-0.05, 0) is 6.07 Å². The van der Waals surface area contributed by atoms with Crippen LogP contribution in [0, 0.1) is 21.4 Å². The van der Waals surface area contributed by atoms with E-state index in [1.807, 2.05) is 6.07 Å². The zero-order chi connectivity index (χ0) is 15.8. The van der Waals surface area contributed by atoms with Crippen molar-refractivity contribution in [3.05, 3.63) is 38.9 Å². The first kappa shape index (κ1) is 16.9. The molecule has 0 saturated heterocycles. The van der Waals surface area contributed by atoms with E-state index in [9.17, 15) is 14.9 Å². The molecule has 0 aliphatic rings. The molecule has 7 nitrogen and oxygen atoms in total. The number of carbonyl (C=O) groups excluding carboxylic acids is 1. The summed E-state index contributed by atoms with van der Waals surface area (Å²) in [4.78, 5) is 24.0. The average Bonchev–Trinajstić information content (AvgIpc) is 2.46. The lowest BCUT2D eigenvalue weighted by Crippen LogP contribution is -2.35. The van der Waals surface area contributed by atoms with Crippen LogP contribution in [0.2, 0.25) is 5.02 Å². The minimum absolute atomic E-state index is 0.0416. The summed E-state index contributed by atoms with van der Waals surface area (Å²) in [6.45, 7) is 0.775. The summed E-state index contributed by atoms with van der Waals surface area (Å²) in [5, 5.41) is 19.3. The number of nitrogens with zero attached hydrogens (tertiary/aromatic N) is 3. The molecule has 21 heavy (non-hydrogen) atoms. The molecule has 1 rings (SSSR count). The van der Waals surface area contributed by atoms with Crippen LogP contribution in [0.5, 0.6) is 0 Å². The topological polar surface area (TPSA) is 96.5 Å². The fraction of sp³-hybridized carbons (Fsp3) is 0.385. The van der Waals surface area contributed by atoms with E-state index in [2.05, 4.69) is 0 Å². The molecule has 112 valence electrons. The summed E-state index contributed by atoms with van der Waals surface area (Å²) in [7, 11) is 1.49. The van der Waals surface area contributed by atoms with E-state index in [1.54, 1.807) is 0 Å². The van der Waals surface area contributed by atoms with Crippen molar-refractivity contribution in [1.82, 2.24) is 4.90 Å². The van der Waals surface area contributed by atoms with Crippen molar-refractivity contribution >= 4 is 23.2 Å². The molecule has 0 atom stereocenters. The number of rotatable bonds is 7. The highest BCUT2D eigenvalue weighted by molar-refractivity contribution is 6.35. The fourth-order valence-corrected chi connectivity index (χ4v) is 1.97. The van der Waals surface area contributed by atoms with E-state index in [1.165, 1.54) is 30.2 Å². The molecule has 0 radical (unpaired) electrons. The van der Waals surface area contributed by atoms with E-state index >= 15 is 0 Å². The Morgan fingerprint density at radius 1 is 1.52 bits per heavy atom. The molecule has 0 aliphatic carbocycles. The highest BCUT2D eigenvalue weighted by atomic mass is 35.5. The highest BCUT2D eigenvalue weighted by Gasteiger charge is 2.23. The Bertz CT molecular complexity index is 571. The van der Waals surface area contributed by atoms with Crippen LogP contribution in [0.25, 0.3) is 0 Å². The van der Waals surface area contributed by atoms with Crippen LogP contribution < -0.4 is 0 Å². The Balaban J connectivity index is 3.05. The molecule has 0 unspecified atom stereocenters. The average molecular weight is 312 g/mol. The van der Waals surface area contributed by atoms with Gasteiger partial charge in [0.05, 0.1) is 29.6 Å². The van der Waals surface area contributed by atoms with E-state index in [0.717, 1.165) is 0 Å². The van der Waals surface area contributed by atoms with Crippen molar-refractivity contribution in [3.63, 3.8) is 0 Å². The number of nitro groups is 1. The van der Waals surface area contributed by atoms with Gasteiger partial charge in [0.25, 0.3) is 11.6 Å². The maximum absolute atomic E-state index is 12.4. The number of hydrogen-bond acceptors (Lipinski definition) is 5. The Labute approximate surface area is 126 Å². The number of halogens is 1. The van der Waals surface area contributed by atoms with Gasteiger partial charge in [-0.15, -0.1) is 0 Å². The lowest BCUT2D eigenvalue weighted by Gasteiger charge is -2.21. The third-order valence-electron chi connectivity index (χ3n) is 2.75. The van der Waals surface area contributed by atoms with Gasteiger partial charge in [0.15, 0.2) is 0 Å². The molecule has 8 heteroatoms. The molecule has 0 aliphatic heterocycles. The summed E-state index contributed by atoms with van der Waals surface area (Å²) in [6, 6.07) is 6.00. The van der Waals surface area contributed by atoms with E-state index in [0.29, 0.717) is 6.61 Å². The van der Waals surface area contributed by atoms with E-state index < -0.39 is 10.8 Å². The number of hydrogen-bond donors (Lipinski definition) is 0. The molecular formula is C13H14ClN3O4. The van der Waals surface area contributed by atoms with Crippen LogP contribution >= 0.6 is 11.6 Å². The number of amides is 1. The zero-order valence-electron chi connectivity index (χ0n) is 11.4. The lowest BCUT2D eigenvalue weighted by atomic mass is 10.1. The number of carbonyl (C=O) groups is 1. The van der Waals surface area contributed by atoms with E-state index in [4.69, 9.17) is 21.6 Å². The van der Waals surface area contributed by atoms with Crippen LogP contribution in [-0.2, 0) is 4.74 Å². The summed E-state index contributed by atoms with van der Waals surface area (Å²) in [6.07, 6.45) is 0.155. The number of nitro benzene ring substituents is 1. The molecule has 1 amide bonds. The summed E-state index contributed by atoms with van der Waals surface area (Å²) in [5.41, 5.74) is -0.283. The van der Waals surface area contributed by atoms with Gasteiger partial charge in [-0.2, -0.15) is 5.26 Å². The first-order valence-corrected chi connectivity index (χ1v) is 6.48. The van der Waals surface area contributed by atoms with Crippen molar-refractivity contribution in [2.24, 2.45) is 0 Å². The lowest BCUT2D eigenvalue weighted by molar-refractivity contribution is -0.384. The van der Waals surface area contributed by atoms with Crippen molar-refractivity contribution in [1.29, 1.82) is 5.26 Å². The maximum atomic E-state index is 12.4. The van der Waals surface area contributed by atoms with Crippen molar-refractivity contribution in [3.8, 4) is 6.07 Å². The molecule has 0 bridgehead atoms. The Hall–Kier alpha value is -2.17. The molecule has 0 saturated carbocycles. The third kappa shape index (κ3) is 4.41. The molecular weight excluding hydrogens is 298 g/mol. The van der Waals surface area contributed by atoms with E-state index in [-0.39, 0.29) is 35.8 Å². The summed E-state index contributed by atoms with van der Waals surface area (Å²) >= 11 is 5.93. The molecule has 0 aromatic heterocycles. The Morgan fingerprint density at radius 2 is 2.24 bits per heavy atom. The second kappa shape index (κ2) is 8.19. The number of ether oxygens (including phenoxy) is 1. The van der Waals surface area contributed by atoms with Crippen LogP contribution in [0.4, 0.5) is 5.69 Å². The monoisotopic (exact) mass is 311 g/mol. The van der Waals surface area contributed by atoms with Crippen LogP contribution in [0.15, 0.2) is 18.2 Å². The summed E-state index contributed by atoms with van der Waals surface area (Å²) < 4.78 is 4.91. The molecule has 1 aromatic rings. The molecule has 0 fully saturated rings. The van der Waals surface area contributed by atoms with Crippen molar-refractivity contribution in [2.75, 3.05) is 26.8 Å². The summed E-state index contributed by atoms with van der Waals surface area (Å²) in [5.74, 6) is -0.462.